The predicted molar refractivity (Wildman–Crippen MR) is 91.8 cm³/mol. The van der Waals surface area contributed by atoms with Crippen LogP contribution in [0.2, 0.25) is 0 Å². The Kier molecular flexibility index (Phi) is 4.34. The topological polar surface area (TPSA) is 82.5 Å². The Bertz CT molecular complexity index is 903. The lowest BCUT2D eigenvalue weighted by atomic mass is 10.3. The van der Waals surface area contributed by atoms with E-state index >= 15 is 0 Å². The molecule has 0 unspecified atom stereocenters. The molecular weight excluding hydrogens is 344 g/mol. The van der Waals surface area contributed by atoms with E-state index in [1.54, 1.807) is 27.8 Å². The van der Waals surface area contributed by atoms with Crippen molar-refractivity contribution in [1.29, 1.82) is 0 Å². The highest BCUT2D eigenvalue weighted by Crippen LogP contribution is 2.23. The highest BCUT2D eigenvalue weighted by atomic mass is 32.2. The molecular formula is C15H12N6OS2. The molecule has 9 heteroatoms. The van der Waals surface area contributed by atoms with Crippen molar-refractivity contribution in [2.45, 2.75) is 11.5 Å². The molecule has 0 saturated carbocycles. The summed E-state index contributed by atoms with van der Waals surface area (Å²) < 4.78 is 7.02. The molecule has 0 saturated heterocycles. The molecule has 7 nitrogen and oxygen atoms in total. The third-order valence-corrected chi connectivity index (χ3v) is 4.98. The van der Waals surface area contributed by atoms with Crippen LogP contribution in [0.1, 0.15) is 11.7 Å². The molecule has 24 heavy (non-hydrogen) atoms. The zero-order valence-corrected chi connectivity index (χ0v) is 14.1. The van der Waals surface area contributed by atoms with E-state index in [-0.39, 0.29) is 0 Å². The SMILES string of the molecule is c1ccc(-n2nnnc2CSCc2nc(-c3cccs3)no2)cc1. The van der Waals surface area contributed by atoms with Crippen LogP contribution in [0.25, 0.3) is 16.4 Å². The number of nitrogens with zero attached hydrogens (tertiary/aromatic N) is 6. The normalized spacial score (nSPS) is 11.0. The van der Waals surface area contributed by atoms with Gasteiger partial charge < -0.3 is 4.52 Å². The Labute approximate surface area is 145 Å². The maximum atomic E-state index is 5.29. The van der Waals surface area contributed by atoms with E-state index < -0.39 is 0 Å². The largest absolute Gasteiger partial charge is 0.338 e. The average Bonchev–Trinajstić information content (AvgIpc) is 3.37. The van der Waals surface area contributed by atoms with Crippen LogP contribution in [0, 0.1) is 0 Å². The van der Waals surface area contributed by atoms with Gasteiger partial charge >= 0.3 is 0 Å². The molecule has 4 rings (SSSR count). The lowest BCUT2D eigenvalue weighted by Gasteiger charge is -2.03. The van der Waals surface area contributed by atoms with Crippen molar-refractivity contribution >= 4 is 23.1 Å². The van der Waals surface area contributed by atoms with Gasteiger partial charge in [0, 0.05) is 0 Å². The third-order valence-electron chi connectivity index (χ3n) is 3.20. The van der Waals surface area contributed by atoms with E-state index in [0.717, 1.165) is 16.4 Å². The Hall–Kier alpha value is -2.52. The molecule has 3 heterocycles. The number of hydrogen-bond acceptors (Lipinski definition) is 8. The molecule has 0 spiro atoms. The fourth-order valence-electron chi connectivity index (χ4n) is 2.11. The molecule has 120 valence electrons. The highest BCUT2D eigenvalue weighted by Gasteiger charge is 2.12. The molecule has 0 bridgehead atoms. The smallest absolute Gasteiger partial charge is 0.236 e. The first-order chi connectivity index (χ1) is 11.9. The second kappa shape index (κ2) is 6.93. The molecule has 0 aliphatic carbocycles. The van der Waals surface area contributed by atoms with Gasteiger partial charge in [0.2, 0.25) is 11.7 Å². The molecule has 0 amide bonds. The summed E-state index contributed by atoms with van der Waals surface area (Å²) in [5.74, 6) is 3.28. The van der Waals surface area contributed by atoms with Gasteiger partial charge in [-0.15, -0.1) is 28.2 Å². The first-order valence-corrected chi connectivity index (χ1v) is 9.20. The van der Waals surface area contributed by atoms with Gasteiger partial charge in [0.25, 0.3) is 0 Å². The molecule has 0 aliphatic heterocycles. The maximum Gasteiger partial charge on any atom is 0.236 e. The van der Waals surface area contributed by atoms with Gasteiger partial charge in [0.1, 0.15) is 0 Å². The summed E-state index contributed by atoms with van der Waals surface area (Å²) in [5.41, 5.74) is 0.941. The Morgan fingerprint density at radius 2 is 2.00 bits per heavy atom. The Morgan fingerprint density at radius 1 is 1.08 bits per heavy atom. The predicted octanol–water partition coefficient (Wildman–Crippen LogP) is 3.21. The summed E-state index contributed by atoms with van der Waals surface area (Å²) in [6, 6.07) is 13.8. The number of thioether (sulfide) groups is 1. The summed E-state index contributed by atoms with van der Waals surface area (Å²) in [7, 11) is 0. The van der Waals surface area contributed by atoms with E-state index in [4.69, 9.17) is 4.52 Å². The molecule has 0 fully saturated rings. The highest BCUT2D eigenvalue weighted by molar-refractivity contribution is 7.97. The number of rotatable bonds is 6. The molecule has 3 aromatic heterocycles. The molecule has 4 aromatic rings. The second-order valence-electron chi connectivity index (χ2n) is 4.82. The number of para-hydroxylation sites is 1. The minimum atomic E-state index is 0.599. The van der Waals surface area contributed by atoms with Gasteiger partial charge in [0.05, 0.1) is 22.1 Å². The summed E-state index contributed by atoms with van der Waals surface area (Å²) in [6.45, 7) is 0. The number of benzene rings is 1. The maximum absolute atomic E-state index is 5.29. The molecule has 0 N–H and O–H groups in total. The van der Waals surface area contributed by atoms with Crippen molar-refractivity contribution in [2.24, 2.45) is 0 Å². The zero-order valence-electron chi connectivity index (χ0n) is 12.4. The van der Waals surface area contributed by atoms with Gasteiger partial charge in [-0.3, -0.25) is 0 Å². The Balaban J connectivity index is 1.39. The van der Waals surface area contributed by atoms with E-state index in [0.29, 0.717) is 23.2 Å². The molecule has 1 aromatic carbocycles. The molecule has 0 aliphatic rings. The van der Waals surface area contributed by atoms with Crippen molar-refractivity contribution in [2.75, 3.05) is 0 Å². The van der Waals surface area contributed by atoms with Crippen LogP contribution in [0.15, 0.2) is 52.4 Å². The van der Waals surface area contributed by atoms with Gasteiger partial charge in [-0.05, 0) is 34.0 Å². The Morgan fingerprint density at radius 3 is 2.83 bits per heavy atom. The number of tetrazole rings is 1. The van der Waals surface area contributed by atoms with E-state index in [1.807, 2.05) is 47.8 Å². The van der Waals surface area contributed by atoms with Gasteiger partial charge in [-0.25, -0.2) is 0 Å². The monoisotopic (exact) mass is 356 g/mol. The fourth-order valence-corrected chi connectivity index (χ4v) is 3.52. The summed E-state index contributed by atoms with van der Waals surface area (Å²) >= 11 is 3.22. The fraction of sp³-hybridized carbons (Fsp3) is 0.133. The van der Waals surface area contributed by atoms with Crippen molar-refractivity contribution in [3.63, 3.8) is 0 Å². The van der Waals surface area contributed by atoms with Crippen molar-refractivity contribution in [1.82, 2.24) is 30.3 Å². The summed E-state index contributed by atoms with van der Waals surface area (Å²) in [5, 5.41) is 17.9. The van der Waals surface area contributed by atoms with Crippen LogP contribution in [-0.2, 0) is 11.5 Å². The van der Waals surface area contributed by atoms with Crippen LogP contribution in [0.3, 0.4) is 0 Å². The first kappa shape index (κ1) is 15.0. The lowest BCUT2D eigenvalue weighted by molar-refractivity contribution is 0.392. The van der Waals surface area contributed by atoms with Gasteiger partial charge in [0.15, 0.2) is 5.82 Å². The van der Waals surface area contributed by atoms with Crippen molar-refractivity contribution < 1.29 is 4.52 Å². The third kappa shape index (κ3) is 3.22. The van der Waals surface area contributed by atoms with Crippen molar-refractivity contribution in [3.8, 4) is 16.4 Å². The van der Waals surface area contributed by atoms with Crippen molar-refractivity contribution in [3.05, 3.63) is 59.6 Å². The van der Waals surface area contributed by atoms with Crippen LogP contribution in [0.5, 0.6) is 0 Å². The number of thiophene rings is 1. The minimum Gasteiger partial charge on any atom is -0.338 e. The van der Waals surface area contributed by atoms with E-state index in [1.165, 1.54) is 0 Å². The number of hydrogen-bond donors (Lipinski definition) is 0. The summed E-state index contributed by atoms with van der Waals surface area (Å²) in [6.07, 6.45) is 0. The zero-order chi connectivity index (χ0) is 16.2. The lowest BCUT2D eigenvalue weighted by Crippen LogP contribution is -2.02. The number of aromatic nitrogens is 6. The minimum absolute atomic E-state index is 0.599. The van der Waals surface area contributed by atoms with Crippen LogP contribution < -0.4 is 0 Å². The van der Waals surface area contributed by atoms with Crippen LogP contribution >= 0.6 is 23.1 Å². The quantitative estimate of drug-likeness (QED) is 0.524. The van der Waals surface area contributed by atoms with Gasteiger partial charge in [-0.2, -0.15) is 9.67 Å². The van der Waals surface area contributed by atoms with E-state index in [9.17, 15) is 0 Å². The average molecular weight is 356 g/mol. The van der Waals surface area contributed by atoms with E-state index in [2.05, 4.69) is 25.7 Å². The van der Waals surface area contributed by atoms with Gasteiger partial charge in [-0.1, -0.05) is 29.4 Å². The molecule has 0 atom stereocenters. The summed E-state index contributed by atoms with van der Waals surface area (Å²) in [4.78, 5) is 5.41. The first-order valence-electron chi connectivity index (χ1n) is 7.17. The molecule has 0 radical (unpaired) electrons. The second-order valence-corrected chi connectivity index (χ2v) is 6.76. The van der Waals surface area contributed by atoms with Crippen LogP contribution in [-0.4, -0.2) is 30.3 Å². The van der Waals surface area contributed by atoms with Crippen LogP contribution in [0.4, 0.5) is 0 Å². The standard InChI is InChI=1S/C15H12N6OS2/c1-2-5-11(6-3-1)21-13(17-19-20-21)9-23-10-14-16-15(18-22-14)12-7-4-8-24-12/h1-8H,9-10H2.